The Morgan fingerprint density at radius 1 is 1.17 bits per heavy atom. The molecule has 1 aliphatic heterocycles. The molecule has 1 aliphatic carbocycles. The van der Waals surface area contributed by atoms with Gasteiger partial charge in [-0.2, -0.15) is 0 Å². The van der Waals surface area contributed by atoms with Crippen LogP contribution in [0.25, 0.3) is 3.58 Å². The molecule has 3 rings (SSSR count). The molecule has 2 nitrogen and oxygen atoms in total. The molecule has 1 aromatic carbocycles. The van der Waals surface area contributed by atoms with E-state index in [2.05, 4.69) is 34.7 Å². The van der Waals surface area contributed by atoms with E-state index < -0.39 is 0 Å². The van der Waals surface area contributed by atoms with Crippen LogP contribution in [0.1, 0.15) is 44.1 Å². The second-order valence-corrected chi connectivity index (χ2v) is 9.01. The van der Waals surface area contributed by atoms with Crippen molar-refractivity contribution in [3.63, 3.8) is 0 Å². The van der Waals surface area contributed by atoms with Crippen molar-refractivity contribution in [3.8, 4) is 0 Å². The van der Waals surface area contributed by atoms with Gasteiger partial charge in [0.2, 0.25) is 0 Å². The standard InChI is InChI=1S/C19H24INOS/c20-19(15-5-7-17(21)8-6-15)18-11-16(12-23-18)14-3-1-13(2-4-14)9-10-22/h5-8,10,13-14,16H,1-4,9,11-12,21H2/b19-18+. The van der Waals surface area contributed by atoms with Gasteiger partial charge in [-0.25, -0.2) is 0 Å². The highest BCUT2D eigenvalue weighted by Crippen LogP contribution is 2.48. The van der Waals surface area contributed by atoms with Gasteiger partial charge in [-0.3, -0.25) is 0 Å². The highest BCUT2D eigenvalue weighted by molar-refractivity contribution is 14.1. The number of carbonyl (C=O) groups is 1. The van der Waals surface area contributed by atoms with Gasteiger partial charge >= 0.3 is 0 Å². The molecule has 1 aromatic rings. The predicted octanol–water partition coefficient (Wildman–Crippen LogP) is 5.52. The molecular weight excluding hydrogens is 417 g/mol. The monoisotopic (exact) mass is 441 g/mol. The minimum Gasteiger partial charge on any atom is -0.399 e. The summed E-state index contributed by atoms with van der Waals surface area (Å²) >= 11 is 4.54. The van der Waals surface area contributed by atoms with Gasteiger partial charge in [0.05, 0.1) is 0 Å². The summed E-state index contributed by atoms with van der Waals surface area (Å²) in [5.41, 5.74) is 7.90. The van der Waals surface area contributed by atoms with Gasteiger partial charge < -0.3 is 10.5 Å². The van der Waals surface area contributed by atoms with E-state index >= 15 is 0 Å². The molecule has 0 radical (unpaired) electrons. The molecule has 0 aromatic heterocycles. The highest BCUT2D eigenvalue weighted by Gasteiger charge is 2.32. The van der Waals surface area contributed by atoms with Crippen molar-refractivity contribution in [2.24, 2.45) is 17.8 Å². The molecule has 0 amide bonds. The largest absolute Gasteiger partial charge is 0.399 e. The molecule has 1 saturated heterocycles. The predicted molar refractivity (Wildman–Crippen MR) is 108 cm³/mol. The third-order valence-electron chi connectivity index (χ3n) is 5.32. The molecule has 2 N–H and O–H groups in total. The lowest BCUT2D eigenvalue weighted by atomic mass is 9.74. The van der Waals surface area contributed by atoms with Crippen LogP contribution in [0.5, 0.6) is 0 Å². The van der Waals surface area contributed by atoms with Gasteiger partial charge in [0.25, 0.3) is 0 Å². The molecule has 0 spiro atoms. The molecule has 0 bridgehead atoms. The molecule has 1 saturated carbocycles. The van der Waals surface area contributed by atoms with Crippen molar-refractivity contribution in [1.82, 2.24) is 0 Å². The van der Waals surface area contributed by atoms with E-state index in [0.29, 0.717) is 5.92 Å². The van der Waals surface area contributed by atoms with Crippen LogP contribution in [0.15, 0.2) is 29.2 Å². The summed E-state index contributed by atoms with van der Waals surface area (Å²) < 4.78 is 1.39. The van der Waals surface area contributed by atoms with E-state index in [4.69, 9.17) is 5.73 Å². The number of allylic oxidation sites excluding steroid dienone is 1. The third kappa shape index (κ3) is 4.32. The molecule has 1 heterocycles. The number of carbonyl (C=O) groups excluding carboxylic acids is 1. The Balaban J connectivity index is 1.61. The average Bonchev–Trinajstić information content (AvgIpc) is 3.06. The maximum Gasteiger partial charge on any atom is 0.120 e. The maximum atomic E-state index is 10.7. The Bertz CT molecular complexity index is 576. The van der Waals surface area contributed by atoms with Crippen molar-refractivity contribution < 1.29 is 4.79 Å². The number of thioether (sulfide) groups is 1. The Kier molecular flexibility index (Phi) is 6.07. The average molecular weight is 441 g/mol. The number of hydrogen-bond donors (Lipinski definition) is 1. The fraction of sp³-hybridized carbons (Fsp3) is 0.526. The van der Waals surface area contributed by atoms with Crippen LogP contribution in [-0.2, 0) is 4.79 Å². The molecule has 2 aliphatic rings. The molecule has 1 unspecified atom stereocenters. The van der Waals surface area contributed by atoms with E-state index in [1.165, 1.54) is 47.0 Å². The van der Waals surface area contributed by atoms with Gasteiger partial charge in [-0.15, -0.1) is 11.8 Å². The lowest BCUT2D eigenvalue weighted by molar-refractivity contribution is -0.108. The number of benzene rings is 1. The smallest absolute Gasteiger partial charge is 0.120 e. The molecule has 124 valence electrons. The van der Waals surface area contributed by atoms with Crippen LogP contribution >= 0.6 is 34.4 Å². The lowest BCUT2D eigenvalue weighted by Gasteiger charge is -2.31. The van der Waals surface area contributed by atoms with Crippen molar-refractivity contribution in [2.45, 2.75) is 38.5 Å². The second kappa shape index (κ2) is 8.06. The Morgan fingerprint density at radius 2 is 1.87 bits per heavy atom. The number of nitrogens with two attached hydrogens (primary N) is 1. The Hall–Kier alpha value is -0.490. The van der Waals surface area contributed by atoms with E-state index in [-0.39, 0.29) is 0 Å². The summed E-state index contributed by atoms with van der Waals surface area (Å²) in [6.45, 7) is 0. The van der Waals surface area contributed by atoms with Gasteiger partial charge in [-0.05, 0) is 95.1 Å². The molecule has 23 heavy (non-hydrogen) atoms. The highest BCUT2D eigenvalue weighted by atomic mass is 127. The summed E-state index contributed by atoms with van der Waals surface area (Å²) in [6, 6.07) is 8.23. The summed E-state index contributed by atoms with van der Waals surface area (Å²) in [7, 11) is 0. The first-order chi connectivity index (χ1) is 11.2. The van der Waals surface area contributed by atoms with Crippen LogP contribution in [0, 0.1) is 17.8 Å². The number of halogens is 1. The SMILES string of the molecule is Nc1ccc(/C(I)=C2/CC(C3CCC(CC=O)CC3)CS2)cc1. The molecule has 2 fully saturated rings. The van der Waals surface area contributed by atoms with Crippen LogP contribution in [-0.4, -0.2) is 12.0 Å². The molecule has 1 atom stereocenters. The van der Waals surface area contributed by atoms with Crippen molar-refractivity contribution in [1.29, 1.82) is 0 Å². The summed E-state index contributed by atoms with van der Waals surface area (Å²) in [4.78, 5) is 12.2. The van der Waals surface area contributed by atoms with Crippen molar-refractivity contribution in [3.05, 3.63) is 34.7 Å². The van der Waals surface area contributed by atoms with Gasteiger partial charge in [-0.1, -0.05) is 12.1 Å². The van der Waals surface area contributed by atoms with Gasteiger partial charge in [0.15, 0.2) is 0 Å². The second-order valence-electron chi connectivity index (χ2n) is 6.82. The summed E-state index contributed by atoms with van der Waals surface area (Å²) in [6.07, 6.45) is 8.23. The van der Waals surface area contributed by atoms with Crippen molar-refractivity contribution >= 4 is 49.9 Å². The number of hydrogen-bond acceptors (Lipinski definition) is 3. The van der Waals surface area contributed by atoms with E-state index in [9.17, 15) is 4.79 Å². The topological polar surface area (TPSA) is 43.1 Å². The van der Waals surface area contributed by atoms with Crippen LogP contribution in [0.2, 0.25) is 0 Å². The Morgan fingerprint density at radius 3 is 2.52 bits per heavy atom. The van der Waals surface area contributed by atoms with Crippen LogP contribution < -0.4 is 5.73 Å². The molecule has 4 heteroatoms. The first-order valence-electron chi connectivity index (χ1n) is 8.48. The number of anilines is 1. The van der Waals surface area contributed by atoms with Crippen molar-refractivity contribution in [2.75, 3.05) is 11.5 Å². The number of rotatable bonds is 4. The number of aldehydes is 1. The molecular formula is C19H24INOS. The van der Waals surface area contributed by atoms with E-state index in [1.54, 1.807) is 4.91 Å². The minimum absolute atomic E-state index is 0.655. The summed E-state index contributed by atoms with van der Waals surface area (Å²) in [5.74, 6) is 3.60. The Labute approximate surface area is 156 Å². The lowest BCUT2D eigenvalue weighted by Crippen LogP contribution is -2.21. The zero-order chi connectivity index (χ0) is 16.2. The van der Waals surface area contributed by atoms with Gasteiger partial charge in [0, 0.05) is 21.4 Å². The fourth-order valence-corrected chi connectivity index (χ4v) is 6.27. The van der Waals surface area contributed by atoms with E-state index in [1.807, 2.05) is 23.9 Å². The first-order valence-corrected chi connectivity index (χ1v) is 10.5. The fourth-order valence-electron chi connectivity index (χ4n) is 3.84. The minimum atomic E-state index is 0.655. The normalized spacial score (nSPS) is 30.2. The van der Waals surface area contributed by atoms with Crippen LogP contribution in [0.3, 0.4) is 0 Å². The first kappa shape index (κ1) is 17.3. The third-order valence-corrected chi connectivity index (χ3v) is 8.27. The van der Waals surface area contributed by atoms with Gasteiger partial charge in [0.1, 0.15) is 6.29 Å². The summed E-state index contributed by atoms with van der Waals surface area (Å²) in [5, 5.41) is 0. The zero-order valence-corrected chi connectivity index (χ0v) is 16.3. The van der Waals surface area contributed by atoms with E-state index in [0.717, 1.165) is 30.2 Å². The zero-order valence-electron chi connectivity index (χ0n) is 13.3. The number of nitrogen functional groups attached to an aromatic ring is 1. The quantitative estimate of drug-likeness (QED) is 0.380. The van der Waals surface area contributed by atoms with Crippen LogP contribution in [0.4, 0.5) is 5.69 Å². The maximum absolute atomic E-state index is 10.7.